The molecule has 0 fully saturated rings. The van der Waals surface area contributed by atoms with Crippen LogP contribution in [0.1, 0.15) is 25.5 Å². The van der Waals surface area contributed by atoms with Gasteiger partial charge < -0.3 is 20.1 Å². The molecule has 2 N–H and O–H groups in total. The first-order valence-corrected chi connectivity index (χ1v) is 8.48. The van der Waals surface area contributed by atoms with Gasteiger partial charge in [0.25, 0.3) is 0 Å². The summed E-state index contributed by atoms with van der Waals surface area (Å²) in [5.74, 6) is 0.432. The molecular weight excluding hydrogens is 336 g/mol. The van der Waals surface area contributed by atoms with Crippen molar-refractivity contribution in [2.75, 3.05) is 13.7 Å². The average Bonchev–Trinajstić information content (AvgIpc) is 2.60. The molecule has 0 bridgehead atoms. The number of benzene rings is 2. The molecule has 1 aliphatic rings. The number of esters is 1. The van der Waals surface area contributed by atoms with E-state index in [1.807, 2.05) is 43.3 Å². The van der Waals surface area contributed by atoms with Gasteiger partial charge in [-0.3, -0.25) is 0 Å². The maximum absolute atomic E-state index is 12.5. The predicted octanol–water partition coefficient (Wildman–Crippen LogP) is 3.20. The maximum atomic E-state index is 12.5. The minimum atomic E-state index is -0.386. The second-order valence-electron chi connectivity index (χ2n) is 5.69. The van der Waals surface area contributed by atoms with Crippen LogP contribution in [0.3, 0.4) is 0 Å². The number of hydrogen-bond acceptors (Lipinski definition) is 4. The summed E-state index contributed by atoms with van der Waals surface area (Å²) in [5.41, 5.74) is 2.18. The molecule has 5 nitrogen and oxygen atoms in total. The van der Waals surface area contributed by atoms with Gasteiger partial charge in [-0.1, -0.05) is 30.3 Å². The first-order valence-electron chi connectivity index (χ1n) is 8.07. The first-order chi connectivity index (χ1) is 12.1. The molecule has 0 saturated heterocycles. The summed E-state index contributed by atoms with van der Waals surface area (Å²) in [6.45, 7) is 3.94. The van der Waals surface area contributed by atoms with Gasteiger partial charge in [-0.25, -0.2) is 4.79 Å². The normalized spacial score (nSPS) is 17.1. The minimum absolute atomic E-state index is 0.316. The molecule has 0 radical (unpaired) electrons. The maximum Gasteiger partial charge on any atom is 0.338 e. The zero-order valence-corrected chi connectivity index (χ0v) is 15.2. The predicted molar refractivity (Wildman–Crippen MR) is 101 cm³/mol. The van der Waals surface area contributed by atoms with Crippen molar-refractivity contribution in [3.8, 4) is 5.75 Å². The van der Waals surface area contributed by atoms with Crippen LogP contribution in [0.25, 0.3) is 10.8 Å². The first kappa shape index (κ1) is 17.2. The molecule has 2 aromatic rings. The highest BCUT2D eigenvalue weighted by molar-refractivity contribution is 7.80. The molecule has 25 heavy (non-hydrogen) atoms. The van der Waals surface area contributed by atoms with Crippen molar-refractivity contribution in [2.24, 2.45) is 0 Å². The molecule has 130 valence electrons. The van der Waals surface area contributed by atoms with Crippen molar-refractivity contribution in [3.63, 3.8) is 0 Å². The van der Waals surface area contributed by atoms with Crippen molar-refractivity contribution in [3.05, 3.63) is 53.2 Å². The van der Waals surface area contributed by atoms with Crippen molar-refractivity contribution < 1.29 is 14.3 Å². The van der Waals surface area contributed by atoms with Crippen LogP contribution in [0.4, 0.5) is 0 Å². The molecule has 2 aromatic carbocycles. The quantitative estimate of drug-likeness (QED) is 0.648. The second kappa shape index (κ2) is 7.11. The van der Waals surface area contributed by atoms with Crippen LogP contribution in [0.2, 0.25) is 0 Å². The number of hydrogen-bond donors (Lipinski definition) is 2. The Bertz CT molecular complexity index is 876. The summed E-state index contributed by atoms with van der Waals surface area (Å²) < 4.78 is 10.7. The van der Waals surface area contributed by atoms with E-state index in [1.54, 1.807) is 14.0 Å². The smallest absolute Gasteiger partial charge is 0.338 e. The molecule has 6 heteroatoms. The fourth-order valence-corrected chi connectivity index (χ4v) is 3.40. The minimum Gasteiger partial charge on any atom is -0.496 e. The number of nitrogens with one attached hydrogen (secondary N) is 2. The monoisotopic (exact) mass is 356 g/mol. The van der Waals surface area contributed by atoms with Crippen LogP contribution in [0.15, 0.2) is 47.7 Å². The number of allylic oxidation sites excluding steroid dienone is 1. The lowest BCUT2D eigenvalue weighted by Crippen LogP contribution is -2.45. The Morgan fingerprint density at radius 2 is 1.92 bits per heavy atom. The van der Waals surface area contributed by atoms with E-state index in [0.717, 1.165) is 22.1 Å². The molecule has 0 aliphatic carbocycles. The summed E-state index contributed by atoms with van der Waals surface area (Å²) in [4.78, 5) is 12.5. The van der Waals surface area contributed by atoms with E-state index < -0.39 is 0 Å². The fourth-order valence-electron chi connectivity index (χ4n) is 3.13. The molecule has 1 aliphatic heterocycles. The molecule has 0 spiro atoms. The highest BCUT2D eigenvalue weighted by Crippen LogP contribution is 2.36. The molecule has 0 unspecified atom stereocenters. The summed E-state index contributed by atoms with van der Waals surface area (Å²) in [5, 5.41) is 8.68. The van der Waals surface area contributed by atoms with Gasteiger partial charge in [0.1, 0.15) is 5.75 Å². The fraction of sp³-hybridized carbons (Fsp3) is 0.263. The Balaban J connectivity index is 2.19. The van der Waals surface area contributed by atoms with E-state index >= 15 is 0 Å². The van der Waals surface area contributed by atoms with E-state index in [1.165, 1.54) is 0 Å². The molecule has 0 amide bonds. The average molecular weight is 356 g/mol. The van der Waals surface area contributed by atoms with E-state index in [4.69, 9.17) is 21.7 Å². The van der Waals surface area contributed by atoms with Crippen molar-refractivity contribution in [1.29, 1.82) is 0 Å². The van der Waals surface area contributed by atoms with Gasteiger partial charge in [-0.15, -0.1) is 0 Å². The van der Waals surface area contributed by atoms with Gasteiger partial charge in [0, 0.05) is 11.1 Å². The Morgan fingerprint density at radius 3 is 2.60 bits per heavy atom. The Labute approximate surface area is 152 Å². The summed E-state index contributed by atoms with van der Waals surface area (Å²) in [7, 11) is 1.65. The van der Waals surface area contributed by atoms with Crippen LogP contribution >= 0.6 is 12.2 Å². The molecular formula is C19H20N2O3S. The summed E-state index contributed by atoms with van der Waals surface area (Å²) in [6.07, 6.45) is 0. The zero-order chi connectivity index (χ0) is 18.0. The van der Waals surface area contributed by atoms with Gasteiger partial charge in [-0.2, -0.15) is 0 Å². The largest absolute Gasteiger partial charge is 0.496 e. The van der Waals surface area contributed by atoms with Gasteiger partial charge in [-0.05, 0) is 43.1 Å². The van der Waals surface area contributed by atoms with Crippen molar-refractivity contribution in [2.45, 2.75) is 19.9 Å². The third-order valence-electron chi connectivity index (χ3n) is 4.21. The Kier molecular flexibility index (Phi) is 4.90. The Morgan fingerprint density at radius 1 is 1.20 bits per heavy atom. The highest BCUT2D eigenvalue weighted by atomic mass is 32.1. The number of rotatable bonds is 4. The van der Waals surface area contributed by atoms with Gasteiger partial charge >= 0.3 is 5.97 Å². The topological polar surface area (TPSA) is 59.6 Å². The van der Waals surface area contributed by atoms with Crippen molar-refractivity contribution >= 4 is 34.1 Å². The number of thiocarbonyl (C=S) groups is 1. The van der Waals surface area contributed by atoms with Crippen LogP contribution in [0.5, 0.6) is 5.75 Å². The standard InChI is InChI=1S/C19H20N2O3S/c1-4-24-18(22)16-11(2)20-19(25)21-17(16)14-9-10-15(23-3)13-8-6-5-7-12(13)14/h5-10,17H,4H2,1-3H3,(H2,20,21,25)/t17-/m1/s1. The van der Waals surface area contributed by atoms with E-state index in [-0.39, 0.29) is 12.0 Å². The van der Waals surface area contributed by atoms with E-state index in [2.05, 4.69) is 10.6 Å². The SMILES string of the molecule is CCOC(=O)C1=C(C)NC(=S)N[C@@H]1c1ccc(OC)c2ccccc12. The van der Waals surface area contributed by atoms with Gasteiger partial charge in [0.05, 0.1) is 25.3 Å². The van der Waals surface area contributed by atoms with Crippen LogP contribution in [0, 0.1) is 0 Å². The number of ether oxygens (including phenoxy) is 2. The number of carbonyl (C=O) groups is 1. The van der Waals surface area contributed by atoms with Crippen LogP contribution in [-0.4, -0.2) is 24.8 Å². The third-order valence-corrected chi connectivity index (χ3v) is 4.43. The summed E-state index contributed by atoms with van der Waals surface area (Å²) >= 11 is 5.30. The van der Waals surface area contributed by atoms with E-state index in [0.29, 0.717) is 23.0 Å². The lowest BCUT2D eigenvalue weighted by molar-refractivity contribution is -0.139. The molecule has 1 heterocycles. The van der Waals surface area contributed by atoms with Gasteiger partial charge in [0.2, 0.25) is 0 Å². The summed E-state index contributed by atoms with van der Waals surface area (Å²) in [6, 6.07) is 11.4. The molecule has 3 rings (SSSR count). The Hall–Kier alpha value is -2.60. The number of carbonyl (C=O) groups excluding carboxylic acids is 1. The number of fused-ring (bicyclic) bond motifs is 1. The highest BCUT2D eigenvalue weighted by Gasteiger charge is 2.32. The van der Waals surface area contributed by atoms with Crippen LogP contribution in [-0.2, 0) is 9.53 Å². The van der Waals surface area contributed by atoms with E-state index in [9.17, 15) is 4.79 Å². The van der Waals surface area contributed by atoms with Crippen LogP contribution < -0.4 is 15.4 Å². The second-order valence-corrected chi connectivity index (χ2v) is 6.10. The lowest BCUT2D eigenvalue weighted by Gasteiger charge is -2.30. The lowest BCUT2D eigenvalue weighted by atomic mass is 9.91. The van der Waals surface area contributed by atoms with Gasteiger partial charge in [0.15, 0.2) is 5.11 Å². The molecule has 0 aromatic heterocycles. The number of methoxy groups -OCH3 is 1. The van der Waals surface area contributed by atoms with Crippen molar-refractivity contribution in [1.82, 2.24) is 10.6 Å². The molecule has 0 saturated carbocycles. The zero-order valence-electron chi connectivity index (χ0n) is 14.4. The third kappa shape index (κ3) is 3.17. The molecule has 1 atom stereocenters.